The quantitative estimate of drug-likeness (QED) is 0.868. The Hall–Kier alpha value is -1.39. The van der Waals surface area contributed by atoms with Crippen LogP contribution in [-0.4, -0.2) is 36.9 Å². The number of hydrogen-bond acceptors (Lipinski definition) is 3. The van der Waals surface area contributed by atoms with Crippen LogP contribution in [0.4, 0.5) is 0 Å². The van der Waals surface area contributed by atoms with E-state index in [1.807, 2.05) is 12.1 Å². The standard InChI is InChI=1S/C16H25NO3/c1-15(2,3)13-8-6-12(7-9-13)14(18)17-10-16(4,19)11-20-5/h6-9,19H,10-11H2,1-5H3,(H,17,18). The Balaban J connectivity index is 2.65. The van der Waals surface area contributed by atoms with Crippen molar-refractivity contribution in [2.45, 2.75) is 38.7 Å². The lowest BCUT2D eigenvalue weighted by molar-refractivity contribution is -0.0147. The molecule has 0 fully saturated rings. The lowest BCUT2D eigenvalue weighted by Crippen LogP contribution is -2.43. The molecule has 0 radical (unpaired) electrons. The van der Waals surface area contributed by atoms with Gasteiger partial charge in [0.25, 0.3) is 5.91 Å². The Morgan fingerprint density at radius 2 is 1.75 bits per heavy atom. The fourth-order valence-electron chi connectivity index (χ4n) is 1.86. The molecule has 0 heterocycles. The van der Waals surface area contributed by atoms with Crippen molar-refractivity contribution < 1.29 is 14.6 Å². The van der Waals surface area contributed by atoms with Gasteiger partial charge >= 0.3 is 0 Å². The molecule has 0 saturated carbocycles. The van der Waals surface area contributed by atoms with Gasteiger partial charge < -0.3 is 15.2 Å². The number of methoxy groups -OCH3 is 1. The zero-order valence-corrected chi connectivity index (χ0v) is 13.0. The van der Waals surface area contributed by atoms with E-state index in [9.17, 15) is 9.90 Å². The zero-order chi connectivity index (χ0) is 15.4. The van der Waals surface area contributed by atoms with Gasteiger partial charge in [0.2, 0.25) is 0 Å². The first-order valence-corrected chi connectivity index (χ1v) is 6.76. The highest BCUT2D eigenvalue weighted by Gasteiger charge is 2.21. The summed E-state index contributed by atoms with van der Waals surface area (Å²) in [6.07, 6.45) is 0. The first-order chi connectivity index (χ1) is 9.15. The van der Waals surface area contributed by atoms with Gasteiger partial charge in [-0.2, -0.15) is 0 Å². The fourth-order valence-corrected chi connectivity index (χ4v) is 1.86. The molecule has 0 spiro atoms. The molecular weight excluding hydrogens is 254 g/mol. The number of carbonyl (C=O) groups is 1. The lowest BCUT2D eigenvalue weighted by atomic mass is 9.86. The van der Waals surface area contributed by atoms with Crippen LogP contribution < -0.4 is 5.32 Å². The van der Waals surface area contributed by atoms with Crippen molar-refractivity contribution >= 4 is 5.91 Å². The molecule has 0 aliphatic carbocycles. The maximum atomic E-state index is 12.0. The molecule has 1 unspecified atom stereocenters. The molecule has 4 nitrogen and oxygen atoms in total. The molecule has 0 aromatic heterocycles. The second kappa shape index (κ2) is 6.37. The number of hydrogen-bond donors (Lipinski definition) is 2. The van der Waals surface area contributed by atoms with E-state index in [1.165, 1.54) is 12.7 Å². The monoisotopic (exact) mass is 279 g/mol. The van der Waals surface area contributed by atoms with Crippen LogP contribution in [0.3, 0.4) is 0 Å². The third-order valence-electron chi connectivity index (χ3n) is 3.10. The number of amides is 1. The van der Waals surface area contributed by atoms with Crippen molar-refractivity contribution in [3.63, 3.8) is 0 Å². The average Bonchev–Trinajstić information content (AvgIpc) is 2.35. The van der Waals surface area contributed by atoms with E-state index < -0.39 is 5.60 Å². The third kappa shape index (κ3) is 4.94. The number of carbonyl (C=O) groups excluding carboxylic acids is 1. The molecule has 4 heteroatoms. The van der Waals surface area contributed by atoms with Gasteiger partial charge in [0.15, 0.2) is 0 Å². The molecule has 1 amide bonds. The van der Waals surface area contributed by atoms with Gasteiger partial charge in [0.1, 0.15) is 5.60 Å². The van der Waals surface area contributed by atoms with Crippen molar-refractivity contribution in [3.05, 3.63) is 35.4 Å². The Bertz CT molecular complexity index is 444. The lowest BCUT2D eigenvalue weighted by Gasteiger charge is -2.22. The summed E-state index contributed by atoms with van der Waals surface area (Å²) in [5, 5.41) is 12.6. The van der Waals surface area contributed by atoms with Crippen LogP contribution in [0, 0.1) is 0 Å². The molecule has 1 aromatic rings. The maximum Gasteiger partial charge on any atom is 0.251 e. The fraction of sp³-hybridized carbons (Fsp3) is 0.562. The SMILES string of the molecule is COCC(C)(O)CNC(=O)c1ccc(C(C)(C)C)cc1. The highest BCUT2D eigenvalue weighted by Crippen LogP contribution is 2.22. The van der Waals surface area contributed by atoms with Crippen LogP contribution in [0.25, 0.3) is 0 Å². The van der Waals surface area contributed by atoms with E-state index in [-0.39, 0.29) is 24.5 Å². The first kappa shape index (κ1) is 16.7. The van der Waals surface area contributed by atoms with Crippen LogP contribution in [0.5, 0.6) is 0 Å². The van der Waals surface area contributed by atoms with Gasteiger partial charge in [-0.3, -0.25) is 4.79 Å². The molecule has 2 N–H and O–H groups in total. The Morgan fingerprint density at radius 1 is 1.20 bits per heavy atom. The number of rotatable bonds is 5. The van der Waals surface area contributed by atoms with Gasteiger partial charge in [-0.1, -0.05) is 32.9 Å². The van der Waals surface area contributed by atoms with Crippen LogP contribution in [0.2, 0.25) is 0 Å². The topological polar surface area (TPSA) is 58.6 Å². The molecule has 1 rings (SSSR count). The van der Waals surface area contributed by atoms with Gasteiger partial charge in [0, 0.05) is 19.2 Å². The summed E-state index contributed by atoms with van der Waals surface area (Å²) in [5.74, 6) is -0.193. The largest absolute Gasteiger partial charge is 0.386 e. The molecule has 20 heavy (non-hydrogen) atoms. The number of nitrogens with one attached hydrogen (secondary N) is 1. The molecule has 0 aliphatic rings. The van der Waals surface area contributed by atoms with Crippen molar-refractivity contribution in [1.82, 2.24) is 5.32 Å². The van der Waals surface area contributed by atoms with Crippen LogP contribution in [0.15, 0.2) is 24.3 Å². The summed E-state index contributed by atoms with van der Waals surface area (Å²) in [4.78, 5) is 12.0. The third-order valence-corrected chi connectivity index (χ3v) is 3.10. The minimum Gasteiger partial charge on any atom is -0.386 e. The summed E-state index contributed by atoms with van der Waals surface area (Å²) in [7, 11) is 1.52. The number of benzene rings is 1. The van der Waals surface area contributed by atoms with Crippen molar-refractivity contribution in [3.8, 4) is 0 Å². The normalized spacial score (nSPS) is 14.7. The van der Waals surface area contributed by atoms with Gasteiger partial charge in [-0.15, -0.1) is 0 Å². The number of ether oxygens (including phenoxy) is 1. The van der Waals surface area contributed by atoms with E-state index in [0.29, 0.717) is 5.56 Å². The Morgan fingerprint density at radius 3 is 2.20 bits per heavy atom. The van der Waals surface area contributed by atoms with Gasteiger partial charge in [-0.25, -0.2) is 0 Å². The number of aliphatic hydroxyl groups is 1. The minimum atomic E-state index is -1.06. The summed E-state index contributed by atoms with van der Waals surface area (Å²) in [5.41, 5.74) is 0.777. The predicted molar refractivity (Wildman–Crippen MR) is 80.0 cm³/mol. The zero-order valence-electron chi connectivity index (χ0n) is 13.0. The van der Waals surface area contributed by atoms with Crippen LogP contribution >= 0.6 is 0 Å². The van der Waals surface area contributed by atoms with Crippen LogP contribution in [0.1, 0.15) is 43.6 Å². The van der Waals surface area contributed by atoms with E-state index >= 15 is 0 Å². The average molecular weight is 279 g/mol. The van der Waals surface area contributed by atoms with E-state index in [2.05, 4.69) is 26.1 Å². The molecule has 0 aliphatic heterocycles. The maximum absolute atomic E-state index is 12.0. The summed E-state index contributed by atoms with van der Waals surface area (Å²) in [6, 6.07) is 7.53. The van der Waals surface area contributed by atoms with Gasteiger partial charge in [-0.05, 0) is 30.0 Å². The van der Waals surface area contributed by atoms with E-state index in [0.717, 1.165) is 0 Å². The van der Waals surface area contributed by atoms with Crippen molar-refractivity contribution in [2.24, 2.45) is 0 Å². The highest BCUT2D eigenvalue weighted by molar-refractivity contribution is 5.94. The second-order valence-corrected chi connectivity index (χ2v) is 6.44. The van der Waals surface area contributed by atoms with E-state index in [1.54, 1.807) is 19.1 Å². The predicted octanol–water partition coefficient (Wildman–Crippen LogP) is 2.11. The molecular formula is C16H25NO3. The molecule has 0 saturated heterocycles. The molecule has 0 bridgehead atoms. The van der Waals surface area contributed by atoms with Gasteiger partial charge in [0.05, 0.1) is 6.61 Å². The molecule has 112 valence electrons. The Labute approximate surface area is 121 Å². The van der Waals surface area contributed by atoms with E-state index in [4.69, 9.17) is 4.74 Å². The Kier molecular flexibility index (Phi) is 5.31. The highest BCUT2D eigenvalue weighted by atomic mass is 16.5. The molecule has 1 aromatic carbocycles. The van der Waals surface area contributed by atoms with Crippen molar-refractivity contribution in [1.29, 1.82) is 0 Å². The summed E-state index contributed by atoms with van der Waals surface area (Å²) >= 11 is 0. The summed E-state index contributed by atoms with van der Waals surface area (Å²) in [6.45, 7) is 8.34. The second-order valence-electron chi connectivity index (χ2n) is 6.44. The smallest absolute Gasteiger partial charge is 0.251 e. The molecule has 1 atom stereocenters. The first-order valence-electron chi connectivity index (χ1n) is 6.76. The minimum absolute atomic E-state index is 0.0666. The summed E-state index contributed by atoms with van der Waals surface area (Å²) < 4.78 is 4.90. The van der Waals surface area contributed by atoms with Crippen molar-refractivity contribution in [2.75, 3.05) is 20.3 Å². The van der Waals surface area contributed by atoms with Crippen LogP contribution in [-0.2, 0) is 10.2 Å².